The molecule has 0 saturated carbocycles. The van der Waals surface area contributed by atoms with E-state index in [4.69, 9.17) is 0 Å². The standard InChI is InChI=1S/C14H15F2N3OS/c15-14(16)21-12-4-2-11(3-5-12)13(20)18-6-1-8-19-9-7-17-10-19/h2-5,7,9-10,14H,1,6,8H2,(H,18,20). The zero-order chi connectivity index (χ0) is 15.1. The SMILES string of the molecule is O=C(NCCCn1ccnc1)c1ccc(SC(F)F)cc1. The Balaban J connectivity index is 1.75. The molecule has 0 aliphatic heterocycles. The van der Waals surface area contributed by atoms with Crippen molar-refractivity contribution in [1.29, 1.82) is 0 Å². The van der Waals surface area contributed by atoms with Crippen molar-refractivity contribution in [3.63, 3.8) is 0 Å². The van der Waals surface area contributed by atoms with E-state index in [1.54, 1.807) is 24.7 Å². The highest BCUT2D eigenvalue weighted by atomic mass is 32.2. The Morgan fingerprint density at radius 1 is 1.33 bits per heavy atom. The molecular weight excluding hydrogens is 296 g/mol. The summed E-state index contributed by atoms with van der Waals surface area (Å²) >= 11 is 0.465. The second-order valence-corrected chi connectivity index (χ2v) is 5.38. The van der Waals surface area contributed by atoms with Crippen LogP contribution in [0.4, 0.5) is 8.78 Å². The first-order valence-electron chi connectivity index (χ1n) is 6.44. The molecule has 21 heavy (non-hydrogen) atoms. The number of hydrogen-bond donors (Lipinski definition) is 1. The highest BCUT2D eigenvalue weighted by molar-refractivity contribution is 7.99. The number of carbonyl (C=O) groups is 1. The van der Waals surface area contributed by atoms with E-state index < -0.39 is 5.76 Å². The number of aromatic nitrogens is 2. The molecule has 1 aromatic carbocycles. The van der Waals surface area contributed by atoms with E-state index in [0.29, 0.717) is 28.8 Å². The number of rotatable bonds is 7. The number of nitrogens with zero attached hydrogens (tertiary/aromatic N) is 2. The van der Waals surface area contributed by atoms with Gasteiger partial charge < -0.3 is 9.88 Å². The molecule has 0 bridgehead atoms. The molecule has 1 aromatic heterocycles. The quantitative estimate of drug-likeness (QED) is 0.631. The van der Waals surface area contributed by atoms with Gasteiger partial charge in [0.2, 0.25) is 0 Å². The summed E-state index contributed by atoms with van der Waals surface area (Å²) in [7, 11) is 0. The monoisotopic (exact) mass is 311 g/mol. The van der Waals surface area contributed by atoms with Crippen molar-refractivity contribution in [2.45, 2.75) is 23.6 Å². The van der Waals surface area contributed by atoms with Gasteiger partial charge in [-0.1, -0.05) is 11.8 Å². The summed E-state index contributed by atoms with van der Waals surface area (Å²) in [5, 5.41) is 2.79. The molecule has 1 amide bonds. The summed E-state index contributed by atoms with van der Waals surface area (Å²) in [6.07, 6.45) is 6.08. The lowest BCUT2D eigenvalue weighted by atomic mass is 10.2. The van der Waals surface area contributed by atoms with Crippen LogP contribution in [0.2, 0.25) is 0 Å². The van der Waals surface area contributed by atoms with Gasteiger partial charge in [-0.15, -0.1) is 0 Å². The maximum absolute atomic E-state index is 12.2. The van der Waals surface area contributed by atoms with Crippen LogP contribution >= 0.6 is 11.8 Å². The Morgan fingerprint density at radius 2 is 2.10 bits per heavy atom. The Labute approximate surface area is 125 Å². The van der Waals surface area contributed by atoms with Gasteiger partial charge in [0, 0.05) is 35.9 Å². The van der Waals surface area contributed by atoms with Crippen molar-refractivity contribution >= 4 is 17.7 Å². The normalized spacial score (nSPS) is 10.8. The van der Waals surface area contributed by atoms with Gasteiger partial charge in [-0.2, -0.15) is 8.78 Å². The third kappa shape index (κ3) is 5.18. The summed E-state index contributed by atoms with van der Waals surface area (Å²) in [5.74, 6) is -2.65. The van der Waals surface area contributed by atoms with E-state index in [-0.39, 0.29) is 5.91 Å². The second-order valence-electron chi connectivity index (χ2n) is 4.31. The number of benzene rings is 1. The third-order valence-corrected chi connectivity index (χ3v) is 3.50. The number of aryl methyl sites for hydroxylation is 1. The number of nitrogens with one attached hydrogen (secondary N) is 1. The number of thioether (sulfide) groups is 1. The van der Waals surface area contributed by atoms with E-state index in [2.05, 4.69) is 10.3 Å². The van der Waals surface area contributed by atoms with Crippen molar-refractivity contribution in [2.24, 2.45) is 0 Å². The summed E-state index contributed by atoms with van der Waals surface area (Å²) < 4.78 is 26.3. The lowest BCUT2D eigenvalue weighted by Crippen LogP contribution is -2.25. The van der Waals surface area contributed by atoms with E-state index >= 15 is 0 Å². The first-order chi connectivity index (χ1) is 10.1. The summed E-state index contributed by atoms with van der Waals surface area (Å²) in [6.45, 7) is 1.33. The zero-order valence-electron chi connectivity index (χ0n) is 11.2. The van der Waals surface area contributed by atoms with Crippen LogP contribution in [-0.2, 0) is 6.54 Å². The van der Waals surface area contributed by atoms with Crippen LogP contribution < -0.4 is 5.32 Å². The molecule has 7 heteroatoms. The van der Waals surface area contributed by atoms with Crippen LogP contribution in [0.25, 0.3) is 0 Å². The average molecular weight is 311 g/mol. The number of alkyl halides is 2. The van der Waals surface area contributed by atoms with Gasteiger partial charge in [-0.05, 0) is 30.7 Å². The zero-order valence-corrected chi connectivity index (χ0v) is 12.0. The van der Waals surface area contributed by atoms with E-state index in [0.717, 1.165) is 13.0 Å². The van der Waals surface area contributed by atoms with Gasteiger partial charge in [0.15, 0.2) is 0 Å². The van der Waals surface area contributed by atoms with Gasteiger partial charge in [0.25, 0.3) is 11.7 Å². The van der Waals surface area contributed by atoms with Crippen LogP contribution in [-0.4, -0.2) is 27.8 Å². The molecule has 2 aromatic rings. The molecule has 0 fully saturated rings. The molecule has 0 unspecified atom stereocenters. The average Bonchev–Trinajstić information content (AvgIpc) is 2.97. The fourth-order valence-electron chi connectivity index (χ4n) is 1.77. The van der Waals surface area contributed by atoms with Crippen LogP contribution in [0.3, 0.4) is 0 Å². The molecule has 0 spiro atoms. The molecule has 2 rings (SSSR count). The fraction of sp³-hybridized carbons (Fsp3) is 0.286. The second kappa shape index (κ2) is 7.78. The minimum Gasteiger partial charge on any atom is -0.352 e. The molecule has 0 saturated heterocycles. The minimum absolute atomic E-state index is 0.200. The summed E-state index contributed by atoms with van der Waals surface area (Å²) in [4.78, 5) is 16.2. The minimum atomic E-state index is -2.45. The highest BCUT2D eigenvalue weighted by Crippen LogP contribution is 2.25. The maximum Gasteiger partial charge on any atom is 0.288 e. The van der Waals surface area contributed by atoms with Crippen LogP contribution in [0.1, 0.15) is 16.8 Å². The van der Waals surface area contributed by atoms with Gasteiger partial charge in [0.05, 0.1) is 6.33 Å². The van der Waals surface area contributed by atoms with Crippen molar-refractivity contribution in [3.8, 4) is 0 Å². The third-order valence-electron chi connectivity index (χ3n) is 2.78. The van der Waals surface area contributed by atoms with Crippen molar-refractivity contribution in [1.82, 2.24) is 14.9 Å². The number of amides is 1. The predicted molar refractivity (Wildman–Crippen MR) is 77.5 cm³/mol. The highest BCUT2D eigenvalue weighted by Gasteiger charge is 2.08. The number of hydrogen-bond acceptors (Lipinski definition) is 3. The Morgan fingerprint density at radius 3 is 2.71 bits per heavy atom. The molecule has 4 nitrogen and oxygen atoms in total. The molecule has 112 valence electrons. The van der Waals surface area contributed by atoms with E-state index in [9.17, 15) is 13.6 Å². The smallest absolute Gasteiger partial charge is 0.288 e. The van der Waals surface area contributed by atoms with Crippen LogP contribution in [0.5, 0.6) is 0 Å². The summed E-state index contributed by atoms with van der Waals surface area (Å²) in [5.41, 5.74) is 0.469. The molecule has 0 aliphatic rings. The van der Waals surface area contributed by atoms with Crippen molar-refractivity contribution < 1.29 is 13.6 Å². The molecule has 0 aliphatic carbocycles. The maximum atomic E-state index is 12.2. The van der Waals surface area contributed by atoms with Crippen LogP contribution in [0.15, 0.2) is 47.9 Å². The van der Waals surface area contributed by atoms with Gasteiger partial charge in [-0.3, -0.25) is 4.79 Å². The summed E-state index contributed by atoms with van der Waals surface area (Å²) in [6, 6.07) is 6.15. The first kappa shape index (κ1) is 15.5. The van der Waals surface area contributed by atoms with Crippen molar-refractivity contribution in [3.05, 3.63) is 48.5 Å². The molecule has 0 radical (unpaired) electrons. The predicted octanol–water partition coefficient (Wildman–Crippen LogP) is 3.02. The van der Waals surface area contributed by atoms with Gasteiger partial charge >= 0.3 is 0 Å². The Kier molecular flexibility index (Phi) is 5.74. The van der Waals surface area contributed by atoms with Crippen molar-refractivity contribution in [2.75, 3.05) is 6.54 Å². The number of carbonyl (C=O) groups excluding carboxylic acids is 1. The molecule has 0 atom stereocenters. The number of imidazole rings is 1. The lowest BCUT2D eigenvalue weighted by molar-refractivity contribution is 0.0952. The fourth-order valence-corrected chi connectivity index (χ4v) is 2.27. The van der Waals surface area contributed by atoms with E-state index in [1.165, 1.54) is 12.1 Å². The van der Waals surface area contributed by atoms with E-state index in [1.807, 2.05) is 10.8 Å². The Bertz CT molecular complexity index is 558. The van der Waals surface area contributed by atoms with Gasteiger partial charge in [-0.25, -0.2) is 4.98 Å². The van der Waals surface area contributed by atoms with Crippen LogP contribution in [0, 0.1) is 0 Å². The molecular formula is C14H15F2N3OS. The number of halogens is 2. The topological polar surface area (TPSA) is 46.9 Å². The largest absolute Gasteiger partial charge is 0.352 e. The van der Waals surface area contributed by atoms with Gasteiger partial charge in [0.1, 0.15) is 0 Å². The lowest BCUT2D eigenvalue weighted by Gasteiger charge is -2.06. The molecule has 1 heterocycles. The molecule has 1 N–H and O–H groups in total. The Hall–Kier alpha value is -1.89. The first-order valence-corrected chi connectivity index (χ1v) is 7.32.